The van der Waals surface area contributed by atoms with Crippen LogP contribution >= 0.6 is 12.2 Å². The lowest BCUT2D eigenvalue weighted by atomic mass is 9.90. The second-order valence-corrected chi connectivity index (χ2v) is 6.64. The summed E-state index contributed by atoms with van der Waals surface area (Å²) >= 11 is 5.35. The first-order valence-corrected chi connectivity index (χ1v) is 7.95. The average molecular weight is 330 g/mol. The molecule has 23 heavy (non-hydrogen) atoms. The number of thiocarbonyl (C=S) groups is 1. The van der Waals surface area contributed by atoms with Crippen LogP contribution in [0.25, 0.3) is 0 Å². The van der Waals surface area contributed by atoms with E-state index < -0.39 is 0 Å². The van der Waals surface area contributed by atoms with Crippen molar-refractivity contribution in [2.45, 2.75) is 31.9 Å². The van der Waals surface area contributed by atoms with Crippen molar-refractivity contribution in [2.75, 3.05) is 5.32 Å². The Morgan fingerprint density at radius 2 is 1.87 bits per heavy atom. The second kappa shape index (κ2) is 6.16. The molecule has 1 aliphatic rings. The van der Waals surface area contributed by atoms with E-state index in [4.69, 9.17) is 17.0 Å². The van der Waals surface area contributed by atoms with Crippen LogP contribution < -0.4 is 15.4 Å². The Kier molecular flexibility index (Phi) is 4.22. The van der Waals surface area contributed by atoms with Gasteiger partial charge in [-0.2, -0.15) is 0 Å². The fourth-order valence-corrected chi connectivity index (χ4v) is 3.06. The Hall–Kier alpha value is -2.14. The molecular weight excluding hydrogens is 311 g/mol. The molecule has 2 aromatic carbocycles. The molecule has 0 unspecified atom stereocenters. The molecule has 0 radical (unpaired) electrons. The molecular formula is C18H19FN2OS. The number of ether oxygens (including phenoxy) is 1. The van der Waals surface area contributed by atoms with Crippen LogP contribution in [0.5, 0.6) is 5.75 Å². The molecule has 1 heterocycles. The Morgan fingerprint density at radius 3 is 2.65 bits per heavy atom. The van der Waals surface area contributed by atoms with Gasteiger partial charge in [0.15, 0.2) is 5.11 Å². The van der Waals surface area contributed by atoms with Gasteiger partial charge in [0, 0.05) is 12.0 Å². The Morgan fingerprint density at radius 1 is 1.17 bits per heavy atom. The van der Waals surface area contributed by atoms with Crippen LogP contribution in [0, 0.1) is 5.82 Å². The molecule has 1 aliphatic heterocycles. The molecule has 3 nitrogen and oxygen atoms in total. The minimum Gasteiger partial charge on any atom is -0.487 e. The molecule has 0 saturated heterocycles. The average Bonchev–Trinajstić information content (AvgIpc) is 2.48. The number of rotatable bonds is 2. The van der Waals surface area contributed by atoms with Gasteiger partial charge in [0.05, 0.1) is 11.7 Å². The predicted molar refractivity (Wildman–Crippen MR) is 94.3 cm³/mol. The van der Waals surface area contributed by atoms with Crippen molar-refractivity contribution in [2.24, 2.45) is 0 Å². The highest BCUT2D eigenvalue weighted by Gasteiger charge is 2.33. The van der Waals surface area contributed by atoms with Gasteiger partial charge in [0.25, 0.3) is 0 Å². The summed E-state index contributed by atoms with van der Waals surface area (Å²) in [4.78, 5) is 0. The highest BCUT2D eigenvalue weighted by Crippen LogP contribution is 2.39. The summed E-state index contributed by atoms with van der Waals surface area (Å²) in [6.07, 6.45) is 0.767. The number of fused-ring (bicyclic) bond motifs is 1. The topological polar surface area (TPSA) is 33.3 Å². The molecule has 0 spiro atoms. The highest BCUT2D eigenvalue weighted by atomic mass is 32.1. The van der Waals surface area contributed by atoms with E-state index in [0.29, 0.717) is 10.8 Å². The number of anilines is 1. The third-order valence-corrected chi connectivity index (χ3v) is 4.02. The smallest absolute Gasteiger partial charge is 0.171 e. The van der Waals surface area contributed by atoms with Gasteiger partial charge in [-0.15, -0.1) is 0 Å². The summed E-state index contributed by atoms with van der Waals surface area (Å²) < 4.78 is 19.7. The number of halogens is 1. The fraction of sp³-hybridized carbons (Fsp3) is 0.278. The van der Waals surface area contributed by atoms with Crippen molar-refractivity contribution in [3.8, 4) is 5.75 Å². The first-order valence-electron chi connectivity index (χ1n) is 7.55. The number of para-hydroxylation sites is 2. The molecule has 0 saturated carbocycles. The number of benzene rings is 2. The summed E-state index contributed by atoms with van der Waals surface area (Å²) in [6, 6.07) is 14.4. The molecule has 1 atom stereocenters. The van der Waals surface area contributed by atoms with Crippen LogP contribution in [0.4, 0.5) is 10.1 Å². The third-order valence-electron chi connectivity index (χ3n) is 3.80. The van der Waals surface area contributed by atoms with E-state index in [2.05, 4.69) is 10.6 Å². The SMILES string of the molecule is CC1(C)C[C@H](NC(=S)Nc2ccccc2F)c2ccccc2O1. The predicted octanol–water partition coefficient (Wildman–Crippen LogP) is 4.41. The van der Waals surface area contributed by atoms with Gasteiger partial charge in [0.1, 0.15) is 17.2 Å². The van der Waals surface area contributed by atoms with Crippen LogP contribution in [-0.4, -0.2) is 10.7 Å². The van der Waals surface area contributed by atoms with E-state index in [0.717, 1.165) is 17.7 Å². The molecule has 0 amide bonds. The normalized spacial score (nSPS) is 18.5. The number of hydrogen-bond donors (Lipinski definition) is 2. The maximum Gasteiger partial charge on any atom is 0.171 e. The summed E-state index contributed by atoms with van der Waals surface area (Å²) in [7, 11) is 0. The summed E-state index contributed by atoms with van der Waals surface area (Å²) in [5.41, 5.74) is 1.13. The van der Waals surface area contributed by atoms with Crippen molar-refractivity contribution in [3.63, 3.8) is 0 Å². The zero-order chi connectivity index (χ0) is 16.4. The van der Waals surface area contributed by atoms with Crippen LogP contribution in [-0.2, 0) is 0 Å². The van der Waals surface area contributed by atoms with Crippen molar-refractivity contribution in [1.82, 2.24) is 5.32 Å². The van der Waals surface area contributed by atoms with Crippen molar-refractivity contribution in [1.29, 1.82) is 0 Å². The summed E-state index contributed by atoms with van der Waals surface area (Å²) in [6.45, 7) is 4.09. The van der Waals surface area contributed by atoms with Crippen molar-refractivity contribution in [3.05, 3.63) is 59.9 Å². The Balaban J connectivity index is 1.77. The number of nitrogens with one attached hydrogen (secondary N) is 2. The maximum absolute atomic E-state index is 13.7. The monoisotopic (exact) mass is 330 g/mol. The van der Waals surface area contributed by atoms with Gasteiger partial charge in [-0.25, -0.2) is 4.39 Å². The van der Waals surface area contributed by atoms with Crippen LogP contribution in [0.1, 0.15) is 31.9 Å². The van der Waals surface area contributed by atoms with E-state index in [1.807, 2.05) is 38.1 Å². The standard InChI is InChI=1S/C18H19FN2OS/c1-18(2)11-15(12-7-3-6-10-16(12)22-18)21-17(23)20-14-9-5-4-8-13(14)19/h3-10,15H,11H2,1-2H3,(H2,20,21,23)/t15-/m0/s1. The zero-order valence-electron chi connectivity index (χ0n) is 13.1. The quantitative estimate of drug-likeness (QED) is 0.799. The van der Waals surface area contributed by atoms with Crippen molar-refractivity contribution >= 4 is 23.0 Å². The molecule has 2 aromatic rings. The first kappa shape index (κ1) is 15.7. The minimum atomic E-state index is -0.329. The summed E-state index contributed by atoms with van der Waals surface area (Å²) in [5, 5.41) is 6.60. The molecule has 0 aliphatic carbocycles. The lowest BCUT2D eigenvalue weighted by molar-refractivity contribution is 0.0697. The lowest BCUT2D eigenvalue weighted by Gasteiger charge is -2.38. The number of hydrogen-bond acceptors (Lipinski definition) is 2. The van der Waals surface area contributed by atoms with E-state index in [1.54, 1.807) is 18.2 Å². The molecule has 3 rings (SSSR count). The van der Waals surface area contributed by atoms with E-state index in [9.17, 15) is 4.39 Å². The van der Waals surface area contributed by atoms with E-state index >= 15 is 0 Å². The third kappa shape index (κ3) is 3.62. The van der Waals surface area contributed by atoms with Crippen LogP contribution in [0.3, 0.4) is 0 Å². The minimum absolute atomic E-state index is 0.0155. The molecule has 0 aromatic heterocycles. The molecule has 5 heteroatoms. The first-order chi connectivity index (χ1) is 10.9. The molecule has 2 N–H and O–H groups in total. The Bertz CT molecular complexity index is 732. The Labute approximate surface area is 140 Å². The molecule has 0 fully saturated rings. The zero-order valence-corrected chi connectivity index (χ0v) is 13.9. The van der Waals surface area contributed by atoms with E-state index in [1.165, 1.54) is 6.07 Å². The van der Waals surface area contributed by atoms with Gasteiger partial charge < -0.3 is 15.4 Å². The maximum atomic E-state index is 13.7. The second-order valence-electron chi connectivity index (χ2n) is 6.23. The fourth-order valence-electron chi connectivity index (χ4n) is 2.81. The van der Waals surface area contributed by atoms with Gasteiger partial charge in [-0.1, -0.05) is 30.3 Å². The van der Waals surface area contributed by atoms with Gasteiger partial charge in [-0.05, 0) is 44.3 Å². The summed E-state index contributed by atoms with van der Waals surface area (Å²) in [5.74, 6) is 0.527. The molecule has 0 bridgehead atoms. The lowest BCUT2D eigenvalue weighted by Crippen LogP contribution is -2.42. The van der Waals surface area contributed by atoms with Gasteiger partial charge in [-0.3, -0.25) is 0 Å². The van der Waals surface area contributed by atoms with Crippen molar-refractivity contribution < 1.29 is 9.13 Å². The highest BCUT2D eigenvalue weighted by molar-refractivity contribution is 7.80. The van der Waals surface area contributed by atoms with Crippen LogP contribution in [0.2, 0.25) is 0 Å². The van der Waals surface area contributed by atoms with Crippen LogP contribution in [0.15, 0.2) is 48.5 Å². The molecule has 120 valence electrons. The van der Waals surface area contributed by atoms with Gasteiger partial charge >= 0.3 is 0 Å². The van der Waals surface area contributed by atoms with Gasteiger partial charge in [0.2, 0.25) is 0 Å². The largest absolute Gasteiger partial charge is 0.487 e. The van der Waals surface area contributed by atoms with E-state index in [-0.39, 0.29) is 17.5 Å².